The molecule has 0 aliphatic carbocycles. The van der Waals surface area contributed by atoms with E-state index in [1.54, 1.807) is 11.8 Å². The fraction of sp³-hybridized carbons (Fsp3) is 0.765. The van der Waals surface area contributed by atoms with Crippen LogP contribution in [0.2, 0.25) is 0 Å². The van der Waals surface area contributed by atoms with Crippen molar-refractivity contribution in [2.75, 3.05) is 17.8 Å². The molecule has 0 saturated carbocycles. The van der Waals surface area contributed by atoms with Crippen LogP contribution < -0.4 is 21.7 Å². The van der Waals surface area contributed by atoms with E-state index in [0.29, 0.717) is 12.8 Å². The number of aliphatic carboxylic acids is 1. The Balaban J connectivity index is 5.04. The third-order valence-corrected chi connectivity index (χ3v) is 4.86. The fourth-order valence-electron chi connectivity index (χ4n) is 2.20. The molecule has 0 spiro atoms. The summed E-state index contributed by atoms with van der Waals surface area (Å²) in [5.74, 6) is -2.03. The quantitative estimate of drug-likeness (QED) is 0.215. The predicted molar refractivity (Wildman–Crippen MR) is 113 cm³/mol. The van der Waals surface area contributed by atoms with Crippen molar-refractivity contribution in [2.24, 2.45) is 11.7 Å². The van der Waals surface area contributed by atoms with Crippen molar-refractivity contribution in [2.45, 2.75) is 57.8 Å². The highest BCUT2D eigenvalue weighted by molar-refractivity contribution is 7.98. The fourth-order valence-corrected chi connectivity index (χ4v) is 2.95. The third kappa shape index (κ3) is 10.2. The molecule has 0 aliphatic rings. The first-order valence-electron chi connectivity index (χ1n) is 9.02. The van der Waals surface area contributed by atoms with Crippen LogP contribution in [0.1, 0.15) is 33.6 Å². The van der Waals surface area contributed by atoms with Gasteiger partial charge in [0.05, 0.1) is 6.04 Å². The van der Waals surface area contributed by atoms with E-state index in [-0.39, 0.29) is 11.7 Å². The van der Waals surface area contributed by atoms with Gasteiger partial charge in [0.1, 0.15) is 18.1 Å². The Morgan fingerprint density at radius 1 is 1.00 bits per heavy atom. The van der Waals surface area contributed by atoms with Gasteiger partial charge in [-0.2, -0.15) is 24.4 Å². The summed E-state index contributed by atoms with van der Waals surface area (Å²) in [6.45, 7) is 5.12. The summed E-state index contributed by atoms with van der Waals surface area (Å²) in [5.41, 5.74) is 5.85. The van der Waals surface area contributed by atoms with E-state index in [9.17, 15) is 19.2 Å². The van der Waals surface area contributed by atoms with Gasteiger partial charge in [0.2, 0.25) is 17.7 Å². The van der Waals surface area contributed by atoms with Crippen molar-refractivity contribution in [3.63, 3.8) is 0 Å². The molecule has 0 heterocycles. The summed E-state index contributed by atoms with van der Waals surface area (Å²) in [5, 5.41) is 16.3. The number of nitrogens with two attached hydrogens (primary N) is 1. The lowest BCUT2D eigenvalue weighted by Crippen LogP contribution is -2.57. The van der Waals surface area contributed by atoms with Crippen molar-refractivity contribution in [3.05, 3.63) is 0 Å². The van der Waals surface area contributed by atoms with Crippen LogP contribution >= 0.6 is 24.4 Å². The monoisotopic (exact) mass is 436 g/mol. The van der Waals surface area contributed by atoms with Gasteiger partial charge in [-0.1, -0.05) is 13.8 Å². The van der Waals surface area contributed by atoms with Crippen LogP contribution in [-0.4, -0.2) is 70.7 Å². The average Bonchev–Trinajstić information content (AvgIpc) is 2.62. The highest BCUT2D eigenvalue weighted by atomic mass is 32.2. The molecule has 4 unspecified atom stereocenters. The van der Waals surface area contributed by atoms with Crippen molar-refractivity contribution >= 4 is 48.1 Å². The molecule has 0 aromatic heterocycles. The lowest BCUT2D eigenvalue weighted by molar-refractivity contribution is -0.141. The molecule has 0 radical (unpaired) electrons. The summed E-state index contributed by atoms with van der Waals surface area (Å²) in [6, 6.07) is -3.73. The van der Waals surface area contributed by atoms with Crippen molar-refractivity contribution in [3.8, 4) is 0 Å². The average molecular weight is 437 g/mol. The molecule has 0 aromatic carbocycles. The van der Waals surface area contributed by atoms with Crippen LogP contribution in [0.25, 0.3) is 0 Å². The molecule has 6 N–H and O–H groups in total. The van der Waals surface area contributed by atoms with E-state index in [1.807, 2.05) is 20.1 Å². The Kier molecular flexibility index (Phi) is 13.0. The zero-order chi connectivity index (χ0) is 21.9. The Bertz CT molecular complexity index is 548. The summed E-state index contributed by atoms with van der Waals surface area (Å²) in [6.07, 6.45) is 2.75. The second kappa shape index (κ2) is 13.7. The summed E-state index contributed by atoms with van der Waals surface area (Å²) in [4.78, 5) is 48.0. The number of carboxylic acids is 1. The van der Waals surface area contributed by atoms with Crippen molar-refractivity contribution in [1.29, 1.82) is 0 Å². The lowest BCUT2D eigenvalue weighted by Gasteiger charge is -2.25. The first-order valence-corrected chi connectivity index (χ1v) is 11.0. The minimum Gasteiger partial charge on any atom is -0.480 e. The third-order valence-electron chi connectivity index (χ3n) is 3.85. The zero-order valence-corrected chi connectivity index (χ0v) is 18.4. The maximum absolute atomic E-state index is 12.6. The summed E-state index contributed by atoms with van der Waals surface area (Å²) >= 11 is 5.62. The molecule has 0 aromatic rings. The summed E-state index contributed by atoms with van der Waals surface area (Å²) in [7, 11) is 0. The van der Waals surface area contributed by atoms with Crippen LogP contribution in [0, 0.1) is 5.92 Å². The zero-order valence-electron chi connectivity index (χ0n) is 16.7. The van der Waals surface area contributed by atoms with Gasteiger partial charge in [-0.15, -0.1) is 0 Å². The SMILES string of the molecule is CSCCC(N)C(=O)NC(CC(C)C)C(=O)NC(CS)C(=O)NC(C)C(=O)O. The van der Waals surface area contributed by atoms with Gasteiger partial charge < -0.3 is 26.8 Å². The number of thiol groups is 1. The first-order chi connectivity index (χ1) is 13.0. The standard InChI is InChI=1S/C17H32N4O5S2/c1-9(2)7-12(20-14(22)11(18)5-6-28-4)15(23)21-13(8-27)16(24)19-10(3)17(25)26/h9-13,27H,5-8,18H2,1-4H3,(H,19,24)(H,20,22)(H,21,23)(H,25,26). The van der Waals surface area contributed by atoms with Crippen LogP contribution in [0.3, 0.4) is 0 Å². The smallest absolute Gasteiger partial charge is 0.325 e. The molecule has 0 bridgehead atoms. The molecule has 28 heavy (non-hydrogen) atoms. The van der Waals surface area contributed by atoms with Crippen LogP contribution in [-0.2, 0) is 19.2 Å². The van der Waals surface area contributed by atoms with Gasteiger partial charge in [-0.25, -0.2) is 0 Å². The number of carbonyl (C=O) groups is 4. The van der Waals surface area contributed by atoms with E-state index in [0.717, 1.165) is 5.75 Å². The van der Waals surface area contributed by atoms with E-state index < -0.39 is 47.9 Å². The molecule has 11 heteroatoms. The largest absolute Gasteiger partial charge is 0.480 e. The van der Waals surface area contributed by atoms with Gasteiger partial charge in [0.25, 0.3) is 0 Å². The highest BCUT2D eigenvalue weighted by Crippen LogP contribution is 2.07. The van der Waals surface area contributed by atoms with Crippen molar-refractivity contribution in [1.82, 2.24) is 16.0 Å². The molecule has 0 fully saturated rings. The number of thioether (sulfide) groups is 1. The number of carbonyl (C=O) groups excluding carboxylic acids is 3. The van der Waals surface area contributed by atoms with E-state index in [1.165, 1.54) is 6.92 Å². The predicted octanol–water partition coefficient (Wildman–Crippen LogP) is -0.398. The van der Waals surface area contributed by atoms with Gasteiger partial charge in [0.15, 0.2) is 0 Å². The number of hydrogen-bond acceptors (Lipinski definition) is 7. The number of amides is 3. The van der Waals surface area contributed by atoms with Gasteiger partial charge in [-0.05, 0) is 37.7 Å². The highest BCUT2D eigenvalue weighted by Gasteiger charge is 2.29. The molecule has 9 nitrogen and oxygen atoms in total. The Hall–Kier alpha value is -1.46. The van der Waals surface area contributed by atoms with Crippen LogP contribution in [0.15, 0.2) is 0 Å². The first kappa shape index (κ1) is 26.5. The topological polar surface area (TPSA) is 151 Å². The molecule has 0 aliphatic heterocycles. The number of carboxylic acid groups (broad SMARTS) is 1. The number of nitrogens with one attached hydrogen (secondary N) is 3. The van der Waals surface area contributed by atoms with Gasteiger partial charge in [0, 0.05) is 5.75 Å². The number of hydrogen-bond donors (Lipinski definition) is 6. The maximum Gasteiger partial charge on any atom is 0.325 e. The van der Waals surface area contributed by atoms with Gasteiger partial charge >= 0.3 is 5.97 Å². The minimum absolute atomic E-state index is 0.0283. The molecule has 162 valence electrons. The van der Waals surface area contributed by atoms with E-state index >= 15 is 0 Å². The Labute approximate surface area is 175 Å². The molecule has 0 rings (SSSR count). The Morgan fingerprint density at radius 2 is 1.54 bits per heavy atom. The second-order valence-electron chi connectivity index (χ2n) is 6.89. The van der Waals surface area contributed by atoms with Gasteiger partial charge in [-0.3, -0.25) is 19.2 Å². The second-order valence-corrected chi connectivity index (χ2v) is 8.24. The van der Waals surface area contributed by atoms with E-state index in [2.05, 4.69) is 28.6 Å². The van der Waals surface area contributed by atoms with Crippen LogP contribution in [0.4, 0.5) is 0 Å². The summed E-state index contributed by atoms with van der Waals surface area (Å²) < 4.78 is 0. The maximum atomic E-state index is 12.6. The van der Waals surface area contributed by atoms with E-state index in [4.69, 9.17) is 10.8 Å². The lowest BCUT2D eigenvalue weighted by atomic mass is 10.0. The minimum atomic E-state index is -1.19. The van der Waals surface area contributed by atoms with Crippen molar-refractivity contribution < 1.29 is 24.3 Å². The molecule has 3 amide bonds. The Morgan fingerprint density at radius 3 is 2.00 bits per heavy atom. The molecular formula is C17H32N4O5S2. The normalized spacial score (nSPS) is 15.2. The molecular weight excluding hydrogens is 404 g/mol. The van der Waals surface area contributed by atoms with Crippen LogP contribution in [0.5, 0.6) is 0 Å². The molecule has 0 saturated heterocycles. The molecule has 4 atom stereocenters. The number of rotatable bonds is 13.